The molecule has 3 heteroatoms. The van der Waals surface area contributed by atoms with Gasteiger partial charge in [0.05, 0.1) is 6.04 Å². The summed E-state index contributed by atoms with van der Waals surface area (Å²) in [5.41, 5.74) is 2.16. The van der Waals surface area contributed by atoms with Gasteiger partial charge in [-0.3, -0.25) is 0 Å². The molecule has 13 heavy (non-hydrogen) atoms. The molecule has 0 unspecified atom stereocenters. The van der Waals surface area contributed by atoms with Gasteiger partial charge in [0.25, 0.3) is 0 Å². The lowest BCUT2D eigenvalue weighted by molar-refractivity contribution is 0.630. The maximum Gasteiger partial charge on any atom is 0.123 e. The van der Waals surface area contributed by atoms with Gasteiger partial charge in [-0.1, -0.05) is 0 Å². The minimum atomic E-state index is -0.179. The Morgan fingerprint density at radius 1 is 1.31 bits per heavy atom. The van der Waals surface area contributed by atoms with Crippen molar-refractivity contribution in [3.05, 3.63) is 35.8 Å². The molecule has 1 aliphatic heterocycles. The van der Waals surface area contributed by atoms with E-state index in [9.17, 15) is 4.39 Å². The van der Waals surface area contributed by atoms with E-state index in [1.165, 1.54) is 6.07 Å². The third-order valence-electron chi connectivity index (χ3n) is 2.39. The molecule has 0 bridgehead atoms. The Bertz CT molecular complexity index is 457. The normalized spacial score (nSPS) is 20.8. The van der Waals surface area contributed by atoms with Crippen LogP contribution < -0.4 is 5.32 Å². The van der Waals surface area contributed by atoms with E-state index >= 15 is 0 Å². The molecule has 1 saturated heterocycles. The molecule has 0 amide bonds. The van der Waals surface area contributed by atoms with Crippen LogP contribution in [0.3, 0.4) is 0 Å². The lowest BCUT2D eigenvalue weighted by Crippen LogP contribution is -1.81. The average molecular weight is 176 g/mol. The summed E-state index contributed by atoms with van der Waals surface area (Å²) in [6.07, 6.45) is 0. The maximum absolute atomic E-state index is 12.8. The molecule has 1 aromatic carbocycles. The van der Waals surface area contributed by atoms with Gasteiger partial charge in [0, 0.05) is 23.1 Å². The van der Waals surface area contributed by atoms with Crippen LogP contribution in [0.25, 0.3) is 10.9 Å². The highest BCUT2D eigenvalue weighted by atomic mass is 19.1. The molecule has 2 nitrogen and oxygen atoms in total. The molecular formula is C10H9FN2. The van der Waals surface area contributed by atoms with Crippen LogP contribution >= 0.6 is 0 Å². The van der Waals surface area contributed by atoms with Gasteiger partial charge in [0.2, 0.25) is 0 Å². The van der Waals surface area contributed by atoms with Gasteiger partial charge >= 0.3 is 0 Å². The Hall–Kier alpha value is -1.35. The Balaban J connectivity index is 2.20. The van der Waals surface area contributed by atoms with E-state index in [0.717, 1.165) is 23.1 Å². The minimum absolute atomic E-state index is 0.179. The zero-order valence-electron chi connectivity index (χ0n) is 6.97. The Morgan fingerprint density at radius 3 is 2.92 bits per heavy atom. The van der Waals surface area contributed by atoms with Crippen molar-refractivity contribution in [3.63, 3.8) is 0 Å². The van der Waals surface area contributed by atoms with Crippen molar-refractivity contribution in [2.75, 3.05) is 6.54 Å². The third-order valence-corrected chi connectivity index (χ3v) is 2.39. The van der Waals surface area contributed by atoms with Gasteiger partial charge in [-0.25, -0.2) is 4.39 Å². The highest BCUT2D eigenvalue weighted by Gasteiger charge is 2.23. The second-order valence-corrected chi connectivity index (χ2v) is 3.42. The fraction of sp³-hybridized carbons (Fsp3) is 0.200. The van der Waals surface area contributed by atoms with Crippen molar-refractivity contribution in [2.45, 2.75) is 6.04 Å². The highest BCUT2D eigenvalue weighted by Crippen LogP contribution is 2.25. The summed E-state index contributed by atoms with van der Waals surface area (Å²) in [6, 6.07) is 7.26. The van der Waals surface area contributed by atoms with E-state index in [1.807, 2.05) is 6.07 Å². The molecule has 0 radical (unpaired) electrons. The van der Waals surface area contributed by atoms with Crippen LogP contribution in [0.5, 0.6) is 0 Å². The SMILES string of the molecule is Fc1ccc2[nH]c([C@@H]3CN3)cc2c1. The predicted molar refractivity (Wildman–Crippen MR) is 49.0 cm³/mol. The first-order valence-corrected chi connectivity index (χ1v) is 4.34. The Labute approximate surface area is 74.8 Å². The summed E-state index contributed by atoms with van der Waals surface area (Å²) in [5.74, 6) is -0.179. The topological polar surface area (TPSA) is 37.7 Å². The van der Waals surface area contributed by atoms with E-state index in [0.29, 0.717) is 6.04 Å². The van der Waals surface area contributed by atoms with E-state index < -0.39 is 0 Å². The predicted octanol–water partition coefficient (Wildman–Crippen LogP) is 1.95. The first kappa shape index (κ1) is 7.09. The molecule has 1 atom stereocenters. The van der Waals surface area contributed by atoms with Gasteiger partial charge in [0.1, 0.15) is 5.82 Å². The minimum Gasteiger partial charge on any atom is -0.357 e. The van der Waals surface area contributed by atoms with E-state index in [2.05, 4.69) is 10.3 Å². The number of rotatable bonds is 1. The number of halogens is 1. The average Bonchev–Trinajstić information content (AvgIpc) is 2.87. The molecule has 2 aromatic rings. The molecule has 66 valence electrons. The standard InChI is InChI=1S/C10H9FN2/c11-7-1-2-8-6(3-7)4-9(13-8)10-5-12-10/h1-4,10,12-13H,5H2/t10-/m0/s1. The third kappa shape index (κ3) is 1.12. The van der Waals surface area contributed by atoms with E-state index in [4.69, 9.17) is 0 Å². The lowest BCUT2D eigenvalue weighted by atomic mass is 10.2. The fourth-order valence-electron chi connectivity index (χ4n) is 1.59. The summed E-state index contributed by atoms with van der Waals surface area (Å²) < 4.78 is 12.8. The molecule has 2 N–H and O–H groups in total. The smallest absolute Gasteiger partial charge is 0.123 e. The van der Waals surface area contributed by atoms with Crippen molar-refractivity contribution < 1.29 is 4.39 Å². The van der Waals surface area contributed by atoms with Crippen LogP contribution in [0.2, 0.25) is 0 Å². The van der Waals surface area contributed by atoms with Crippen molar-refractivity contribution in [1.29, 1.82) is 0 Å². The number of hydrogen-bond acceptors (Lipinski definition) is 1. The number of aromatic nitrogens is 1. The first-order chi connectivity index (χ1) is 6.33. The Kier molecular flexibility index (Phi) is 1.27. The number of nitrogens with one attached hydrogen (secondary N) is 2. The Morgan fingerprint density at radius 2 is 2.15 bits per heavy atom. The quantitative estimate of drug-likeness (QED) is 0.640. The summed E-state index contributed by atoms with van der Waals surface area (Å²) in [6.45, 7) is 1.02. The van der Waals surface area contributed by atoms with Crippen molar-refractivity contribution in [1.82, 2.24) is 10.3 Å². The van der Waals surface area contributed by atoms with Gasteiger partial charge in [-0.05, 0) is 24.3 Å². The monoisotopic (exact) mass is 176 g/mol. The molecule has 1 aliphatic rings. The maximum atomic E-state index is 12.8. The second kappa shape index (κ2) is 2.33. The summed E-state index contributed by atoms with van der Waals surface area (Å²) in [7, 11) is 0. The van der Waals surface area contributed by atoms with Gasteiger partial charge in [-0.2, -0.15) is 0 Å². The number of fused-ring (bicyclic) bond motifs is 1. The molecule has 0 aliphatic carbocycles. The molecule has 1 aromatic heterocycles. The van der Waals surface area contributed by atoms with Gasteiger partial charge < -0.3 is 10.3 Å². The number of aromatic amines is 1. The number of hydrogen-bond donors (Lipinski definition) is 2. The van der Waals surface area contributed by atoms with Gasteiger partial charge in [-0.15, -0.1) is 0 Å². The first-order valence-electron chi connectivity index (χ1n) is 4.34. The van der Waals surface area contributed by atoms with Crippen LogP contribution in [-0.2, 0) is 0 Å². The molecule has 1 fully saturated rings. The molecular weight excluding hydrogens is 167 g/mol. The number of benzene rings is 1. The molecule has 3 rings (SSSR count). The highest BCUT2D eigenvalue weighted by molar-refractivity contribution is 5.80. The van der Waals surface area contributed by atoms with Crippen LogP contribution in [0, 0.1) is 5.82 Å². The molecule has 0 spiro atoms. The van der Waals surface area contributed by atoms with E-state index in [-0.39, 0.29) is 5.82 Å². The van der Waals surface area contributed by atoms with Crippen molar-refractivity contribution in [2.24, 2.45) is 0 Å². The van der Waals surface area contributed by atoms with Crippen LogP contribution in [0.1, 0.15) is 11.7 Å². The fourth-order valence-corrected chi connectivity index (χ4v) is 1.59. The van der Waals surface area contributed by atoms with Crippen molar-refractivity contribution >= 4 is 10.9 Å². The van der Waals surface area contributed by atoms with Crippen LogP contribution in [0.15, 0.2) is 24.3 Å². The van der Waals surface area contributed by atoms with Gasteiger partial charge in [0.15, 0.2) is 0 Å². The second-order valence-electron chi connectivity index (χ2n) is 3.42. The molecule has 0 saturated carbocycles. The summed E-state index contributed by atoms with van der Waals surface area (Å²) >= 11 is 0. The summed E-state index contributed by atoms with van der Waals surface area (Å²) in [5, 5.41) is 4.15. The van der Waals surface area contributed by atoms with Crippen LogP contribution in [-0.4, -0.2) is 11.5 Å². The van der Waals surface area contributed by atoms with Crippen LogP contribution in [0.4, 0.5) is 4.39 Å². The summed E-state index contributed by atoms with van der Waals surface area (Å²) in [4.78, 5) is 3.26. The van der Waals surface area contributed by atoms with E-state index in [1.54, 1.807) is 12.1 Å². The van der Waals surface area contributed by atoms with Crippen molar-refractivity contribution in [3.8, 4) is 0 Å². The zero-order valence-corrected chi connectivity index (χ0v) is 6.97. The zero-order chi connectivity index (χ0) is 8.84. The lowest BCUT2D eigenvalue weighted by Gasteiger charge is -1.88. The molecule has 2 heterocycles. The number of H-pyrrole nitrogens is 1. The largest absolute Gasteiger partial charge is 0.357 e.